The Morgan fingerprint density at radius 2 is 1.51 bits per heavy atom. The summed E-state index contributed by atoms with van der Waals surface area (Å²) in [6.45, 7) is 15.9. The van der Waals surface area contributed by atoms with Gasteiger partial charge in [-0.3, -0.25) is 9.59 Å². The van der Waals surface area contributed by atoms with Crippen molar-refractivity contribution in [3.8, 4) is 0 Å². The van der Waals surface area contributed by atoms with Crippen LogP contribution in [-0.2, 0) is 33.4 Å². The Morgan fingerprint density at radius 3 is 2.10 bits per heavy atom. The van der Waals surface area contributed by atoms with E-state index in [4.69, 9.17) is 14.2 Å². The van der Waals surface area contributed by atoms with Crippen LogP contribution in [0.5, 0.6) is 0 Å². The Hall–Kier alpha value is -3.04. The van der Waals surface area contributed by atoms with Gasteiger partial charge < -0.3 is 24.4 Å². The number of fused-ring (bicyclic) bond motifs is 3. The summed E-state index contributed by atoms with van der Waals surface area (Å²) in [6.07, 6.45) is 14.1. The summed E-state index contributed by atoms with van der Waals surface area (Å²) >= 11 is 0. The van der Waals surface area contributed by atoms with Crippen LogP contribution in [0.4, 0.5) is 0 Å². The normalized spacial score (nSPS) is 33.9. The molecule has 0 radical (unpaired) electrons. The first kappa shape index (κ1) is 40.7. The second kappa shape index (κ2) is 15.9. The van der Waals surface area contributed by atoms with Crippen LogP contribution in [0.15, 0.2) is 46.6 Å². The van der Waals surface area contributed by atoms with Crippen molar-refractivity contribution in [1.29, 1.82) is 0 Å². The molecule has 0 aromatic rings. The molecule has 2 N–H and O–H groups in total. The van der Waals surface area contributed by atoms with Crippen LogP contribution in [0.25, 0.3) is 0 Å². The molecule has 2 bridgehead atoms. The lowest BCUT2D eigenvalue weighted by molar-refractivity contribution is -0.203. The molecule has 0 aliphatic heterocycles. The summed E-state index contributed by atoms with van der Waals surface area (Å²) < 4.78 is 18.0. The molecule has 51 heavy (non-hydrogen) atoms. The molecule has 0 aromatic heterocycles. The number of ketones is 1. The molecule has 4 aliphatic rings. The number of hydrogen-bond donors (Lipinski definition) is 2. The zero-order chi connectivity index (χ0) is 37.9. The van der Waals surface area contributed by atoms with Crippen molar-refractivity contribution in [1.82, 2.24) is 0 Å². The number of carbonyl (C=O) groups is 4. The van der Waals surface area contributed by atoms with Crippen LogP contribution < -0.4 is 0 Å². The van der Waals surface area contributed by atoms with Gasteiger partial charge in [-0.15, -0.1) is 0 Å². The molecule has 0 heterocycles. The Bertz CT molecular complexity index is 1480. The maximum Gasteiger partial charge on any atom is 0.334 e. The summed E-state index contributed by atoms with van der Waals surface area (Å²) in [4.78, 5) is 54.6. The zero-order valence-electron chi connectivity index (χ0n) is 32.4. The van der Waals surface area contributed by atoms with Crippen molar-refractivity contribution in [2.24, 2.45) is 28.6 Å². The van der Waals surface area contributed by atoms with Crippen molar-refractivity contribution in [2.45, 2.75) is 156 Å². The third-order valence-electron chi connectivity index (χ3n) is 12.7. The highest BCUT2D eigenvalue weighted by molar-refractivity contribution is 5.96. The summed E-state index contributed by atoms with van der Waals surface area (Å²) in [6, 6.07) is 0. The second-order valence-corrected chi connectivity index (χ2v) is 16.2. The largest absolute Gasteiger partial charge is 0.458 e. The standard InChI is InChI=1S/C42H62O9/c1-10-13-14-15-16-17-18-19-20-21-32(43)51-41-24-29(7)40-23-28(6)36(50-38(47)27(5)12-3)42(40,48)34(44)30(25-49-37(46)26(4)11-2)22-31(35(40)45)33(41)39(41,8)9/h11-12,22-23,29,31,33-34,36,44,48H,10,13-21,24-25H2,1-9H3/b26-11-,27-12-/t29?,31-,33+,34+,36-,40?,41-,42-/m0/s1. The molecular formula is C42H62O9. The molecule has 2 unspecified atom stereocenters. The first-order chi connectivity index (χ1) is 24.0. The number of rotatable bonds is 16. The van der Waals surface area contributed by atoms with Crippen molar-refractivity contribution in [3.63, 3.8) is 0 Å². The molecule has 4 rings (SSSR count). The van der Waals surface area contributed by atoms with E-state index in [0.717, 1.165) is 25.7 Å². The average molecular weight is 711 g/mol. The summed E-state index contributed by atoms with van der Waals surface area (Å²) in [7, 11) is 0. The molecule has 9 heteroatoms. The van der Waals surface area contributed by atoms with Crippen molar-refractivity contribution in [3.05, 3.63) is 46.6 Å². The van der Waals surface area contributed by atoms with E-state index >= 15 is 4.79 Å². The smallest absolute Gasteiger partial charge is 0.334 e. The number of allylic oxidation sites excluding steroid dienone is 3. The van der Waals surface area contributed by atoms with Crippen LogP contribution in [-0.4, -0.2) is 63.9 Å². The number of aliphatic hydroxyl groups is 2. The second-order valence-electron chi connectivity index (χ2n) is 16.2. The number of Topliss-reactive ketones (excluding diaryl/α,β-unsaturated/α-hetero) is 1. The lowest BCUT2D eigenvalue weighted by atomic mass is 9.59. The van der Waals surface area contributed by atoms with Crippen molar-refractivity contribution < 1.29 is 43.6 Å². The first-order valence-corrected chi connectivity index (χ1v) is 19.2. The molecule has 8 atom stereocenters. The Balaban J connectivity index is 1.68. The van der Waals surface area contributed by atoms with E-state index in [0.29, 0.717) is 16.7 Å². The number of ether oxygens (including phenoxy) is 3. The molecule has 1 spiro atoms. The van der Waals surface area contributed by atoms with Gasteiger partial charge in [-0.05, 0) is 64.5 Å². The van der Waals surface area contributed by atoms with Gasteiger partial charge in [0.05, 0.1) is 5.41 Å². The molecule has 0 amide bonds. The summed E-state index contributed by atoms with van der Waals surface area (Å²) in [5, 5.41) is 25.2. The van der Waals surface area contributed by atoms with E-state index in [9.17, 15) is 24.6 Å². The maximum atomic E-state index is 15.2. The monoisotopic (exact) mass is 710 g/mol. The Morgan fingerprint density at radius 1 is 0.941 bits per heavy atom. The van der Waals surface area contributed by atoms with Gasteiger partial charge in [-0.2, -0.15) is 0 Å². The van der Waals surface area contributed by atoms with Crippen LogP contribution >= 0.6 is 0 Å². The van der Waals surface area contributed by atoms with Gasteiger partial charge in [0, 0.05) is 34.8 Å². The first-order valence-electron chi connectivity index (χ1n) is 19.2. The van der Waals surface area contributed by atoms with Crippen LogP contribution in [0.1, 0.15) is 133 Å². The van der Waals surface area contributed by atoms with E-state index in [2.05, 4.69) is 6.92 Å². The maximum absolute atomic E-state index is 15.2. The Kier molecular flexibility index (Phi) is 12.7. The third kappa shape index (κ3) is 7.06. The average Bonchev–Trinajstić information content (AvgIpc) is 3.49. The van der Waals surface area contributed by atoms with Gasteiger partial charge in [0.25, 0.3) is 0 Å². The number of carbonyl (C=O) groups excluding carboxylic acids is 4. The SMILES string of the molecule is C/C=C(/C)C(=O)OCC1=C[C@@H]2C(=O)C3(C=C(C)[C@H](OC(=O)/C(C)=C\C)[C@@]3(O)[C@@H]1O)C(C)C[C@]1(OC(=O)CCCCCCCCCCC)[C@H]2C1(C)C. The topological polar surface area (TPSA) is 136 Å². The molecule has 0 saturated heterocycles. The summed E-state index contributed by atoms with van der Waals surface area (Å²) in [5.74, 6) is -3.91. The van der Waals surface area contributed by atoms with Crippen molar-refractivity contribution in [2.75, 3.05) is 6.61 Å². The fourth-order valence-electron chi connectivity index (χ4n) is 9.41. The zero-order valence-corrected chi connectivity index (χ0v) is 32.4. The number of esters is 3. The molecule has 9 nitrogen and oxygen atoms in total. The quantitative estimate of drug-likeness (QED) is 0.0551. The lowest BCUT2D eigenvalue weighted by Gasteiger charge is -2.49. The van der Waals surface area contributed by atoms with Gasteiger partial charge in [-0.25, -0.2) is 9.59 Å². The van der Waals surface area contributed by atoms with E-state index < -0.39 is 70.5 Å². The highest BCUT2D eigenvalue weighted by Gasteiger charge is 2.83. The van der Waals surface area contributed by atoms with Gasteiger partial charge in [-0.1, -0.05) is 103 Å². The number of hydrogen-bond acceptors (Lipinski definition) is 9. The molecule has 2 fully saturated rings. The predicted octanol–water partition coefficient (Wildman–Crippen LogP) is 7.44. The molecule has 2 saturated carbocycles. The van der Waals surface area contributed by atoms with E-state index in [-0.39, 0.29) is 30.2 Å². The predicted molar refractivity (Wildman–Crippen MR) is 195 cm³/mol. The molecule has 4 aliphatic carbocycles. The minimum Gasteiger partial charge on any atom is -0.458 e. The molecule has 284 valence electrons. The third-order valence-corrected chi connectivity index (χ3v) is 12.7. The van der Waals surface area contributed by atoms with Crippen LogP contribution in [0, 0.1) is 28.6 Å². The highest BCUT2D eigenvalue weighted by atomic mass is 16.6. The van der Waals surface area contributed by atoms with Gasteiger partial charge in [0.1, 0.15) is 18.3 Å². The lowest BCUT2D eigenvalue weighted by Crippen LogP contribution is -2.66. The number of unbranched alkanes of at least 4 members (excludes halogenated alkanes) is 8. The van der Waals surface area contributed by atoms with Crippen LogP contribution in [0.3, 0.4) is 0 Å². The highest BCUT2D eigenvalue weighted by Crippen LogP contribution is 2.75. The van der Waals surface area contributed by atoms with E-state index in [1.54, 1.807) is 58.9 Å². The minimum atomic E-state index is -2.33. The molecular weight excluding hydrogens is 648 g/mol. The summed E-state index contributed by atoms with van der Waals surface area (Å²) in [5.41, 5.74) is -4.40. The van der Waals surface area contributed by atoms with Crippen molar-refractivity contribution >= 4 is 23.7 Å². The number of aliphatic hydroxyl groups excluding tert-OH is 1. The van der Waals surface area contributed by atoms with Crippen LogP contribution in [0.2, 0.25) is 0 Å². The molecule has 0 aromatic carbocycles. The fraction of sp³-hybridized carbons (Fsp3) is 0.714. The van der Waals surface area contributed by atoms with E-state index in [1.165, 1.54) is 32.1 Å². The Labute approximate surface area is 304 Å². The van der Waals surface area contributed by atoms with Gasteiger partial charge in [0.15, 0.2) is 17.5 Å². The fourth-order valence-corrected chi connectivity index (χ4v) is 9.41. The van der Waals surface area contributed by atoms with Gasteiger partial charge in [0.2, 0.25) is 0 Å². The van der Waals surface area contributed by atoms with Gasteiger partial charge >= 0.3 is 17.9 Å². The van der Waals surface area contributed by atoms with E-state index in [1.807, 2.05) is 20.8 Å². The minimum absolute atomic E-state index is 0.133.